The summed E-state index contributed by atoms with van der Waals surface area (Å²) in [4.78, 5) is 35.5. The molecule has 6 nitrogen and oxygen atoms in total. The average molecular weight is 352 g/mol. The first-order valence-corrected chi connectivity index (χ1v) is 8.39. The molecule has 3 rings (SSSR count). The Balaban J connectivity index is 1.61. The third-order valence-corrected chi connectivity index (χ3v) is 4.55. The van der Waals surface area contributed by atoms with Crippen molar-refractivity contribution in [3.8, 4) is 0 Å². The van der Waals surface area contributed by atoms with Gasteiger partial charge in [-0.2, -0.15) is 0 Å². The Hall–Kier alpha value is -3.15. The molecule has 1 aliphatic carbocycles. The molecule has 0 radical (unpaired) electrons. The van der Waals surface area contributed by atoms with Gasteiger partial charge in [0, 0.05) is 17.8 Å². The molecule has 1 fully saturated rings. The number of anilines is 1. The number of rotatable bonds is 6. The van der Waals surface area contributed by atoms with Gasteiger partial charge in [-0.1, -0.05) is 29.8 Å². The van der Waals surface area contributed by atoms with E-state index in [2.05, 4.69) is 10.6 Å². The molecular formula is C20H20N2O4. The molecule has 0 aliphatic heterocycles. The molecule has 134 valence electrons. The largest absolute Gasteiger partial charge is 0.480 e. The molecule has 0 saturated heterocycles. The Labute approximate surface area is 151 Å². The van der Waals surface area contributed by atoms with Gasteiger partial charge in [-0.15, -0.1) is 0 Å². The summed E-state index contributed by atoms with van der Waals surface area (Å²) in [6, 6.07) is 14.4. The summed E-state index contributed by atoms with van der Waals surface area (Å²) in [6.45, 7) is 2.16. The maximum absolute atomic E-state index is 12.3. The predicted octanol–water partition coefficient (Wildman–Crippen LogP) is 2.73. The molecule has 1 aliphatic rings. The van der Waals surface area contributed by atoms with E-state index in [9.17, 15) is 14.4 Å². The minimum atomic E-state index is -1.25. The van der Waals surface area contributed by atoms with Crippen molar-refractivity contribution in [3.05, 3.63) is 65.2 Å². The molecule has 0 bridgehead atoms. The molecule has 0 unspecified atom stereocenters. The van der Waals surface area contributed by atoms with Crippen molar-refractivity contribution in [2.75, 3.05) is 5.32 Å². The van der Waals surface area contributed by atoms with Crippen molar-refractivity contribution in [1.29, 1.82) is 0 Å². The van der Waals surface area contributed by atoms with E-state index in [0.717, 1.165) is 11.1 Å². The van der Waals surface area contributed by atoms with Crippen molar-refractivity contribution in [1.82, 2.24) is 5.32 Å². The van der Waals surface area contributed by atoms with Crippen molar-refractivity contribution < 1.29 is 19.5 Å². The summed E-state index contributed by atoms with van der Waals surface area (Å²) in [5, 5.41) is 14.6. The highest BCUT2D eigenvalue weighted by Crippen LogP contribution is 2.46. The second kappa shape index (κ2) is 7.00. The zero-order valence-corrected chi connectivity index (χ0v) is 14.4. The van der Waals surface area contributed by atoms with Crippen LogP contribution in [0.4, 0.5) is 5.69 Å². The molecule has 1 saturated carbocycles. The number of benzene rings is 2. The van der Waals surface area contributed by atoms with Crippen LogP contribution in [0.5, 0.6) is 0 Å². The van der Waals surface area contributed by atoms with Crippen LogP contribution < -0.4 is 10.6 Å². The Kier molecular flexibility index (Phi) is 4.75. The fourth-order valence-electron chi connectivity index (χ4n) is 2.68. The second-order valence-electron chi connectivity index (χ2n) is 6.59. The van der Waals surface area contributed by atoms with Crippen molar-refractivity contribution in [3.63, 3.8) is 0 Å². The maximum atomic E-state index is 12.3. The third-order valence-electron chi connectivity index (χ3n) is 4.55. The highest BCUT2D eigenvalue weighted by atomic mass is 16.4. The summed E-state index contributed by atoms with van der Waals surface area (Å²) in [5.74, 6) is -1.75. The maximum Gasteiger partial charge on any atom is 0.319 e. The lowest BCUT2D eigenvalue weighted by Gasteiger charge is -2.12. The van der Waals surface area contributed by atoms with Gasteiger partial charge in [-0.25, -0.2) is 0 Å². The van der Waals surface area contributed by atoms with E-state index in [4.69, 9.17) is 5.11 Å². The first-order valence-electron chi connectivity index (χ1n) is 8.39. The molecule has 3 N–H and O–H groups in total. The van der Waals surface area contributed by atoms with Gasteiger partial charge < -0.3 is 15.7 Å². The molecule has 6 heteroatoms. The number of aryl methyl sites for hydroxylation is 1. The SMILES string of the molecule is Cc1ccc(C(=O)Nc2cccc(CNC(=O)C3(C(=O)O)CC3)c2)cc1. The number of carbonyl (C=O) groups is 3. The molecule has 2 aromatic carbocycles. The second-order valence-corrected chi connectivity index (χ2v) is 6.59. The average Bonchev–Trinajstić information content (AvgIpc) is 3.42. The molecule has 0 atom stereocenters. The van der Waals surface area contributed by atoms with Crippen molar-refractivity contribution >= 4 is 23.5 Å². The monoisotopic (exact) mass is 352 g/mol. The molecule has 0 heterocycles. The van der Waals surface area contributed by atoms with E-state index >= 15 is 0 Å². The topological polar surface area (TPSA) is 95.5 Å². The summed E-state index contributed by atoms with van der Waals surface area (Å²) >= 11 is 0. The van der Waals surface area contributed by atoms with Crippen LogP contribution in [0.15, 0.2) is 48.5 Å². The van der Waals surface area contributed by atoms with Gasteiger partial charge in [-0.05, 0) is 49.6 Å². The lowest BCUT2D eigenvalue weighted by atomic mass is 10.1. The van der Waals surface area contributed by atoms with E-state index in [1.165, 1.54) is 0 Å². The van der Waals surface area contributed by atoms with Crippen molar-refractivity contribution in [2.45, 2.75) is 26.3 Å². The van der Waals surface area contributed by atoms with Gasteiger partial charge in [0.05, 0.1) is 0 Å². The van der Waals surface area contributed by atoms with Gasteiger partial charge in [0.2, 0.25) is 5.91 Å². The van der Waals surface area contributed by atoms with Crippen LogP contribution in [0.1, 0.15) is 34.3 Å². The van der Waals surface area contributed by atoms with E-state index in [1.54, 1.807) is 30.3 Å². The Bertz CT molecular complexity index is 854. The van der Waals surface area contributed by atoms with Crippen LogP contribution in [-0.4, -0.2) is 22.9 Å². The molecule has 2 amide bonds. The lowest BCUT2D eigenvalue weighted by molar-refractivity contribution is -0.149. The Morgan fingerprint density at radius 3 is 2.38 bits per heavy atom. The highest BCUT2D eigenvalue weighted by molar-refractivity contribution is 6.05. The summed E-state index contributed by atoms with van der Waals surface area (Å²) in [6.07, 6.45) is 0.752. The number of nitrogens with one attached hydrogen (secondary N) is 2. The van der Waals surface area contributed by atoms with Crippen LogP contribution in [0.25, 0.3) is 0 Å². The van der Waals surface area contributed by atoms with Gasteiger partial charge in [0.25, 0.3) is 5.91 Å². The fraction of sp³-hybridized carbons (Fsp3) is 0.250. The number of hydrogen-bond acceptors (Lipinski definition) is 3. The van der Waals surface area contributed by atoms with E-state index in [0.29, 0.717) is 24.1 Å². The van der Waals surface area contributed by atoms with Crippen LogP contribution in [0.2, 0.25) is 0 Å². The molecule has 2 aromatic rings. The Morgan fingerprint density at radius 1 is 1.08 bits per heavy atom. The van der Waals surface area contributed by atoms with Gasteiger partial charge in [0.15, 0.2) is 0 Å². The summed E-state index contributed by atoms with van der Waals surface area (Å²) < 4.78 is 0. The van der Waals surface area contributed by atoms with Gasteiger partial charge in [-0.3, -0.25) is 14.4 Å². The number of carbonyl (C=O) groups excluding carboxylic acids is 2. The summed E-state index contributed by atoms with van der Waals surface area (Å²) in [5.41, 5.74) is 1.78. The third kappa shape index (κ3) is 3.74. The first kappa shape index (κ1) is 17.7. The van der Waals surface area contributed by atoms with Gasteiger partial charge >= 0.3 is 5.97 Å². The number of aliphatic carboxylic acids is 1. The number of hydrogen-bond donors (Lipinski definition) is 3. The zero-order chi connectivity index (χ0) is 18.7. The minimum Gasteiger partial charge on any atom is -0.480 e. The van der Waals surface area contributed by atoms with Gasteiger partial charge in [0.1, 0.15) is 5.41 Å². The van der Waals surface area contributed by atoms with E-state index in [-0.39, 0.29) is 12.5 Å². The predicted molar refractivity (Wildman–Crippen MR) is 96.7 cm³/mol. The molecule has 0 aromatic heterocycles. The quantitative estimate of drug-likeness (QED) is 0.697. The van der Waals surface area contributed by atoms with Crippen LogP contribution in [-0.2, 0) is 16.1 Å². The first-order chi connectivity index (χ1) is 12.4. The van der Waals surface area contributed by atoms with E-state index in [1.807, 2.05) is 25.1 Å². The number of carboxylic acids is 1. The molecule has 0 spiro atoms. The smallest absolute Gasteiger partial charge is 0.319 e. The number of amides is 2. The standard InChI is InChI=1S/C20H20N2O4/c1-13-5-7-15(8-6-13)17(23)22-16-4-2-3-14(11-16)12-21-18(24)20(9-10-20)19(25)26/h2-8,11H,9-10,12H2,1H3,(H,21,24)(H,22,23)(H,25,26). The molecular weight excluding hydrogens is 332 g/mol. The Morgan fingerprint density at radius 2 is 1.77 bits per heavy atom. The fourth-order valence-corrected chi connectivity index (χ4v) is 2.68. The van der Waals surface area contributed by atoms with Crippen LogP contribution in [0, 0.1) is 12.3 Å². The minimum absolute atomic E-state index is 0.210. The zero-order valence-electron chi connectivity index (χ0n) is 14.4. The van der Waals surface area contributed by atoms with Crippen molar-refractivity contribution in [2.24, 2.45) is 5.41 Å². The van der Waals surface area contributed by atoms with Crippen LogP contribution in [0.3, 0.4) is 0 Å². The lowest BCUT2D eigenvalue weighted by Crippen LogP contribution is -2.36. The number of carboxylic acid groups (broad SMARTS) is 1. The molecule has 26 heavy (non-hydrogen) atoms. The highest BCUT2D eigenvalue weighted by Gasteiger charge is 2.56. The van der Waals surface area contributed by atoms with Crippen LogP contribution >= 0.6 is 0 Å². The normalized spacial score (nSPS) is 14.3. The van der Waals surface area contributed by atoms with E-state index < -0.39 is 17.3 Å². The summed E-state index contributed by atoms with van der Waals surface area (Å²) in [7, 11) is 0.